The van der Waals surface area contributed by atoms with Crippen LogP contribution in [0.4, 0.5) is 0 Å². The Bertz CT molecular complexity index is 1300. The quantitative estimate of drug-likeness (QED) is 0.263. The molecule has 0 saturated carbocycles. The zero-order valence-electron chi connectivity index (χ0n) is 22.4. The second-order valence-electron chi connectivity index (χ2n) is 12.3. The molecule has 0 bridgehead atoms. The minimum absolute atomic E-state index is 0.0466. The van der Waals surface area contributed by atoms with Gasteiger partial charge in [-0.2, -0.15) is 0 Å². The fourth-order valence-electron chi connectivity index (χ4n) is 6.11. The van der Waals surface area contributed by atoms with E-state index < -0.39 is 8.10 Å². The lowest BCUT2D eigenvalue weighted by Crippen LogP contribution is -2.32. The van der Waals surface area contributed by atoms with Crippen LogP contribution >= 0.6 is 8.10 Å². The van der Waals surface area contributed by atoms with Crippen molar-refractivity contribution in [1.29, 1.82) is 0 Å². The first-order valence-electron chi connectivity index (χ1n) is 13.0. The Morgan fingerprint density at radius 3 is 1.33 bits per heavy atom. The molecule has 1 aliphatic heterocycles. The first-order valence-corrected chi connectivity index (χ1v) is 14.2. The molecular formula is C32H38N2OP+. The van der Waals surface area contributed by atoms with Crippen molar-refractivity contribution in [1.82, 2.24) is 9.34 Å². The predicted molar refractivity (Wildman–Crippen MR) is 153 cm³/mol. The van der Waals surface area contributed by atoms with Crippen LogP contribution in [-0.4, -0.2) is 22.4 Å². The third-order valence-electron chi connectivity index (χ3n) is 7.47. The predicted octanol–water partition coefficient (Wildman–Crippen LogP) is 9.14. The zero-order valence-corrected chi connectivity index (χ0v) is 23.3. The van der Waals surface area contributed by atoms with Gasteiger partial charge in [0.25, 0.3) is 0 Å². The van der Waals surface area contributed by atoms with Gasteiger partial charge in [0, 0.05) is 0 Å². The van der Waals surface area contributed by atoms with Gasteiger partial charge in [-0.15, -0.1) is 0 Å². The van der Waals surface area contributed by atoms with Crippen LogP contribution in [0.3, 0.4) is 0 Å². The monoisotopic (exact) mass is 497 g/mol. The second kappa shape index (κ2) is 9.38. The van der Waals surface area contributed by atoms with E-state index in [1.807, 2.05) is 0 Å². The first kappa shape index (κ1) is 25.1. The summed E-state index contributed by atoms with van der Waals surface area (Å²) in [7, 11) is -1.74. The molecule has 1 aliphatic rings. The van der Waals surface area contributed by atoms with Crippen molar-refractivity contribution in [3.05, 3.63) is 96.1 Å². The number of hydrogen-bond acceptors (Lipinski definition) is 1. The van der Waals surface area contributed by atoms with E-state index in [1.54, 1.807) is 0 Å². The van der Waals surface area contributed by atoms with E-state index in [2.05, 4.69) is 136 Å². The molecule has 0 aromatic heterocycles. The van der Waals surface area contributed by atoms with E-state index in [0.29, 0.717) is 0 Å². The number of benzene rings is 4. The van der Waals surface area contributed by atoms with Crippen molar-refractivity contribution in [2.45, 2.75) is 53.6 Å². The third-order valence-corrected chi connectivity index (χ3v) is 9.21. The Labute approximate surface area is 217 Å². The molecule has 3 nitrogen and oxygen atoms in total. The number of nitrogens with zero attached hydrogens (tertiary/aromatic N) is 2. The van der Waals surface area contributed by atoms with Gasteiger partial charge in [0.1, 0.15) is 0 Å². The third kappa shape index (κ3) is 4.50. The molecular weight excluding hydrogens is 459 g/mol. The molecule has 186 valence electrons. The van der Waals surface area contributed by atoms with Crippen LogP contribution in [0, 0.1) is 10.8 Å². The van der Waals surface area contributed by atoms with E-state index in [1.165, 1.54) is 32.7 Å². The van der Waals surface area contributed by atoms with Crippen LogP contribution in [0.25, 0.3) is 21.5 Å². The highest BCUT2D eigenvalue weighted by Gasteiger charge is 2.55. The van der Waals surface area contributed by atoms with Crippen LogP contribution in [0.2, 0.25) is 0 Å². The first-order chi connectivity index (χ1) is 17.1. The van der Waals surface area contributed by atoms with Crippen molar-refractivity contribution in [3.8, 4) is 0 Å². The minimum Gasteiger partial charge on any atom is -0.0695 e. The summed E-state index contributed by atoms with van der Waals surface area (Å²) in [4.78, 5) is 0. The average molecular weight is 498 g/mol. The molecule has 1 saturated heterocycles. The van der Waals surface area contributed by atoms with Gasteiger partial charge in [-0.25, -0.2) is 0 Å². The van der Waals surface area contributed by atoms with Crippen molar-refractivity contribution in [2.24, 2.45) is 10.8 Å². The Morgan fingerprint density at radius 2 is 0.944 bits per heavy atom. The summed E-state index contributed by atoms with van der Waals surface area (Å²) < 4.78 is 19.1. The van der Waals surface area contributed by atoms with Gasteiger partial charge in [-0.3, -0.25) is 0 Å². The van der Waals surface area contributed by atoms with Crippen LogP contribution < -0.4 is 0 Å². The molecule has 4 aromatic carbocycles. The molecule has 36 heavy (non-hydrogen) atoms. The van der Waals surface area contributed by atoms with Gasteiger partial charge < -0.3 is 0 Å². The maximum Gasteiger partial charge on any atom is 0.538 e. The smallest absolute Gasteiger partial charge is 0.0695 e. The molecule has 0 amide bonds. The topological polar surface area (TPSA) is 23.6 Å². The Balaban J connectivity index is 1.59. The normalized spacial score (nSPS) is 17.7. The number of fused-ring (bicyclic) bond motifs is 2. The molecule has 5 rings (SSSR count). The molecule has 2 atom stereocenters. The highest BCUT2D eigenvalue weighted by Crippen LogP contribution is 2.57. The second-order valence-corrected chi connectivity index (χ2v) is 13.8. The van der Waals surface area contributed by atoms with E-state index in [0.717, 1.165) is 13.1 Å². The van der Waals surface area contributed by atoms with E-state index in [4.69, 9.17) is 0 Å². The maximum absolute atomic E-state index is 14.5. The van der Waals surface area contributed by atoms with Gasteiger partial charge in [0.2, 0.25) is 0 Å². The summed E-state index contributed by atoms with van der Waals surface area (Å²) in [5, 5.41) is 4.98. The molecule has 0 spiro atoms. The van der Waals surface area contributed by atoms with Crippen molar-refractivity contribution in [2.75, 3.05) is 13.1 Å². The molecule has 0 radical (unpaired) electrons. The average Bonchev–Trinajstić information content (AvgIpc) is 3.18. The van der Waals surface area contributed by atoms with Crippen LogP contribution in [0.15, 0.2) is 84.9 Å². The van der Waals surface area contributed by atoms with Gasteiger partial charge in [0.15, 0.2) is 0 Å². The van der Waals surface area contributed by atoms with E-state index in [-0.39, 0.29) is 22.9 Å². The Kier molecular flexibility index (Phi) is 6.53. The van der Waals surface area contributed by atoms with Crippen LogP contribution in [-0.2, 0) is 4.57 Å². The molecule has 0 unspecified atom stereocenters. The molecule has 4 aromatic rings. The molecule has 0 aliphatic carbocycles. The van der Waals surface area contributed by atoms with Gasteiger partial charge >= 0.3 is 8.10 Å². The molecule has 1 heterocycles. The number of hydrogen-bond donors (Lipinski definition) is 0. The summed E-state index contributed by atoms with van der Waals surface area (Å²) in [6, 6.07) is 30.3. The van der Waals surface area contributed by atoms with E-state index >= 15 is 0 Å². The van der Waals surface area contributed by atoms with Crippen molar-refractivity contribution < 1.29 is 4.57 Å². The van der Waals surface area contributed by atoms with Gasteiger partial charge in [-0.1, -0.05) is 136 Å². The van der Waals surface area contributed by atoms with Crippen LogP contribution in [0.1, 0.15) is 64.8 Å². The Hall–Kier alpha value is -2.58. The fourth-order valence-corrected chi connectivity index (χ4v) is 8.26. The van der Waals surface area contributed by atoms with Gasteiger partial charge in [0.05, 0.1) is 25.2 Å². The lowest BCUT2D eigenvalue weighted by molar-refractivity contribution is 0.191. The minimum atomic E-state index is -1.74. The largest absolute Gasteiger partial charge is 0.538 e. The Morgan fingerprint density at radius 1 is 0.583 bits per heavy atom. The standard InChI is InChI=1S/C32H38N2OP/c1-31(2,3)29(27-19-11-15-23-13-7-9-17-25(23)27)33-21-22-34(36(33)35)30(32(4,5)6)28-20-12-16-24-14-8-10-18-26(24)28/h7-20,29-30H,21-22H2,1-6H3/q+1/t29-,30-/m0/s1. The zero-order chi connectivity index (χ0) is 25.7. The molecule has 1 fully saturated rings. The summed E-state index contributed by atoms with van der Waals surface area (Å²) in [6.45, 7) is 15.2. The summed E-state index contributed by atoms with van der Waals surface area (Å²) in [5.74, 6) is 0. The lowest BCUT2D eigenvalue weighted by Gasteiger charge is -2.35. The maximum atomic E-state index is 14.5. The summed E-state index contributed by atoms with van der Waals surface area (Å²) in [6.07, 6.45) is 0. The lowest BCUT2D eigenvalue weighted by atomic mass is 9.80. The highest BCUT2D eigenvalue weighted by molar-refractivity contribution is 7.39. The van der Waals surface area contributed by atoms with Gasteiger partial charge in [-0.05, 0) is 48.1 Å². The number of rotatable bonds is 4. The van der Waals surface area contributed by atoms with Crippen molar-refractivity contribution >= 4 is 29.6 Å². The molecule has 4 heteroatoms. The summed E-state index contributed by atoms with van der Waals surface area (Å²) in [5.41, 5.74) is 2.37. The molecule has 0 N–H and O–H groups in total. The summed E-state index contributed by atoms with van der Waals surface area (Å²) >= 11 is 0. The fraction of sp³-hybridized carbons (Fsp3) is 0.375. The van der Waals surface area contributed by atoms with Crippen molar-refractivity contribution in [3.63, 3.8) is 0 Å². The van der Waals surface area contributed by atoms with Crippen LogP contribution in [0.5, 0.6) is 0 Å². The highest BCUT2D eigenvalue weighted by atomic mass is 31.1. The SMILES string of the molecule is CC(C)(C)[C@H](c1cccc2ccccc12)N1CCN([C@@H](c2cccc3ccccc23)C(C)(C)C)[P+]1=O. The van der Waals surface area contributed by atoms with E-state index in [9.17, 15) is 4.57 Å².